The van der Waals surface area contributed by atoms with Gasteiger partial charge in [-0.15, -0.1) is 0 Å². The standard InChI is InChI=1S/C14H9Cl3N2/c15-11-2-1-3-12(16)10(11)8-19-14-5-4-9(7-18)6-13(14)17/h1-6,19H,8H2. The van der Waals surface area contributed by atoms with E-state index in [9.17, 15) is 0 Å². The lowest BCUT2D eigenvalue weighted by Gasteiger charge is -2.11. The van der Waals surface area contributed by atoms with Gasteiger partial charge in [0.15, 0.2) is 0 Å². The van der Waals surface area contributed by atoms with Crippen molar-refractivity contribution in [1.82, 2.24) is 0 Å². The molecule has 1 N–H and O–H groups in total. The van der Waals surface area contributed by atoms with Crippen LogP contribution in [0, 0.1) is 11.3 Å². The predicted octanol–water partition coefficient (Wildman–Crippen LogP) is 5.13. The van der Waals surface area contributed by atoms with Crippen LogP contribution in [0.3, 0.4) is 0 Å². The summed E-state index contributed by atoms with van der Waals surface area (Å²) in [4.78, 5) is 0. The monoisotopic (exact) mass is 310 g/mol. The predicted molar refractivity (Wildman–Crippen MR) is 80.0 cm³/mol. The van der Waals surface area contributed by atoms with Gasteiger partial charge in [0.05, 0.1) is 22.3 Å². The highest BCUT2D eigenvalue weighted by atomic mass is 35.5. The molecular weight excluding hydrogens is 303 g/mol. The molecule has 0 saturated carbocycles. The summed E-state index contributed by atoms with van der Waals surface area (Å²) in [6.07, 6.45) is 0. The Labute approximate surface area is 126 Å². The molecule has 2 aromatic carbocycles. The number of anilines is 1. The van der Waals surface area contributed by atoms with Gasteiger partial charge >= 0.3 is 0 Å². The fraction of sp³-hybridized carbons (Fsp3) is 0.0714. The normalized spacial score (nSPS) is 10.0. The second kappa shape index (κ2) is 6.16. The van der Waals surface area contributed by atoms with Gasteiger partial charge in [-0.05, 0) is 30.3 Å². The second-order valence-electron chi connectivity index (χ2n) is 3.86. The summed E-state index contributed by atoms with van der Waals surface area (Å²) >= 11 is 18.2. The van der Waals surface area contributed by atoms with E-state index in [1.807, 2.05) is 6.07 Å². The number of nitriles is 1. The molecule has 0 fully saturated rings. The lowest BCUT2D eigenvalue weighted by molar-refractivity contribution is 1.15. The van der Waals surface area contributed by atoms with Crippen LogP contribution in [0.15, 0.2) is 36.4 Å². The molecule has 0 radical (unpaired) electrons. The zero-order valence-electron chi connectivity index (χ0n) is 9.75. The minimum Gasteiger partial charge on any atom is -0.380 e. The summed E-state index contributed by atoms with van der Waals surface area (Å²) in [7, 11) is 0. The topological polar surface area (TPSA) is 35.8 Å². The molecule has 0 aliphatic rings. The molecule has 0 amide bonds. The molecule has 0 heterocycles. The third kappa shape index (κ3) is 3.33. The summed E-state index contributed by atoms with van der Waals surface area (Å²) in [5.74, 6) is 0. The summed E-state index contributed by atoms with van der Waals surface area (Å²) in [6.45, 7) is 0.462. The Balaban J connectivity index is 2.17. The van der Waals surface area contributed by atoms with Gasteiger partial charge < -0.3 is 5.32 Å². The molecule has 2 nitrogen and oxygen atoms in total. The Kier molecular flexibility index (Phi) is 4.55. The van der Waals surface area contributed by atoms with Crippen LogP contribution in [0.25, 0.3) is 0 Å². The Morgan fingerprint density at radius 1 is 1.00 bits per heavy atom. The molecule has 0 spiro atoms. The summed E-state index contributed by atoms with van der Waals surface area (Å²) in [5, 5.41) is 13.6. The number of hydrogen-bond acceptors (Lipinski definition) is 2. The van der Waals surface area contributed by atoms with Gasteiger partial charge in [0.1, 0.15) is 0 Å². The largest absolute Gasteiger partial charge is 0.380 e. The smallest absolute Gasteiger partial charge is 0.0992 e. The van der Waals surface area contributed by atoms with Crippen molar-refractivity contribution in [3.8, 4) is 6.07 Å². The zero-order valence-corrected chi connectivity index (χ0v) is 12.0. The van der Waals surface area contributed by atoms with Crippen LogP contribution in [0.4, 0.5) is 5.69 Å². The van der Waals surface area contributed by atoms with Gasteiger partial charge in [-0.3, -0.25) is 0 Å². The van der Waals surface area contributed by atoms with Crippen LogP contribution in [-0.4, -0.2) is 0 Å². The SMILES string of the molecule is N#Cc1ccc(NCc2c(Cl)cccc2Cl)c(Cl)c1. The number of hydrogen-bond donors (Lipinski definition) is 1. The Bertz CT molecular complexity index is 627. The van der Waals surface area contributed by atoms with Crippen molar-refractivity contribution in [3.05, 3.63) is 62.6 Å². The minimum atomic E-state index is 0.462. The molecule has 0 aliphatic carbocycles. The Morgan fingerprint density at radius 3 is 2.26 bits per heavy atom. The molecule has 2 rings (SSSR count). The van der Waals surface area contributed by atoms with Gasteiger partial charge in [0.2, 0.25) is 0 Å². The van der Waals surface area contributed by atoms with Crippen molar-refractivity contribution in [2.45, 2.75) is 6.54 Å². The lowest BCUT2D eigenvalue weighted by Crippen LogP contribution is -2.01. The molecular formula is C14H9Cl3N2. The van der Waals surface area contributed by atoms with Crippen LogP contribution < -0.4 is 5.32 Å². The van der Waals surface area contributed by atoms with Gasteiger partial charge in [0, 0.05) is 22.2 Å². The molecule has 5 heteroatoms. The van der Waals surface area contributed by atoms with Gasteiger partial charge in [0.25, 0.3) is 0 Å². The van der Waals surface area contributed by atoms with Gasteiger partial charge in [-0.2, -0.15) is 5.26 Å². The van der Waals surface area contributed by atoms with Gasteiger partial charge in [-0.25, -0.2) is 0 Å². The van der Waals surface area contributed by atoms with Crippen LogP contribution in [-0.2, 0) is 6.54 Å². The van der Waals surface area contributed by atoms with E-state index < -0.39 is 0 Å². The van der Waals surface area contributed by atoms with Crippen molar-refractivity contribution >= 4 is 40.5 Å². The van der Waals surface area contributed by atoms with E-state index in [1.165, 1.54) is 0 Å². The van der Waals surface area contributed by atoms with Crippen LogP contribution in [0.5, 0.6) is 0 Å². The van der Waals surface area contributed by atoms with E-state index in [-0.39, 0.29) is 0 Å². The second-order valence-corrected chi connectivity index (χ2v) is 5.08. The first-order valence-electron chi connectivity index (χ1n) is 5.48. The third-order valence-electron chi connectivity index (χ3n) is 2.62. The fourth-order valence-electron chi connectivity index (χ4n) is 1.61. The molecule has 2 aromatic rings. The highest BCUT2D eigenvalue weighted by molar-refractivity contribution is 6.36. The summed E-state index contributed by atoms with van der Waals surface area (Å²) in [5.41, 5.74) is 2.06. The molecule has 0 saturated heterocycles. The molecule has 0 bridgehead atoms. The van der Waals surface area contributed by atoms with E-state index in [2.05, 4.69) is 5.32 Å². The van der Waals surface area contributed by atoms with E-state index in [4.69, 9.17) is 40.1 Å². The van der Waals surface area contributed by atoms with Crippen LogP contribution in [0.1, 0.15) is 11.1 Å². The van der Waals surface area contributed by atoms with Crippen molar-refractivity contribution in [3.63, 3.8) is 0 Å². The maximum atomic E-state index is 8.77. The quantitative estimate of drug-likeness (QED) is 0.853. The van der Waals surface area contributed by atoms with Crippen molar-refractivity contribution in [1.29, 1.82) is 5.26 Å². The van der Waals surface area contributed by atoms with Crippen molar-refractivity contribution in [2.75, 3.05) is 5.32 Å². The van der Waals surface area contributed by atoms with E-state index >= 15 is 0 Å². The maximum Gasteiger partial charge on any atom is 0.0992 e. The molecule has 0 aromatic heterocycles. The van der Waals surface area contributed by atoms with Crippen molar-refractivity contribution < 1.29 is 0 Å². The lowest BCUT2D eigenvalue weighted by atomic mass is 10.2. The van der Waals surface area contributed by atoms with E-state index in [0.29, 0.717) is 27.2 Å². The van der Waals surface area contributed by atoms with Crippen molar-refractivity contribution in [2.24, 2.45) is 0 Å². The maximum absolute atomic E-state index is 8.77. The first kappa shape index (κ1) is 14.0. The van der Waals surface area contributed by atoms with Crippen LogP contribution >= 0.6 is 34.8 Å². The van der Waals surface area contributed by atoms with E-state index in [1.54, 1.807) is 36.4 Å². The van der Waals surface area contributed by atoms with Gasteiger partial charge in [-0.1, -0.05) is 40.9 Å². The van der Waals surface area contributed by atoms with Crippen LogP contribution in [0.2, 0.25) is 15.1 Å². The average Bonchev–Trinajstić information content (AvgIpc) is 2.39. The Hall–Kier alpha value is -1.40. The number of nitrogens with zero attached hydrogens (tertiary/aromatic N) is 1. The molecule has 0 aliphatic heterocycles. The first-order valence-corrected chi connectivity index (χ1v) is 6.61. The highest BCUT2D eigenvalue weighted by Crippen LogP contribution is 2.27. The average molecular weight is 312 g/mol. The summed E-state index contributed by atoms with van der Waals surface area (Å²) < 4.78 is 0. The minimum absolute atomic E-state index is 0.462. The molecule has 96 valence electrons. The number of halogens is 3. The first-order chi connectivity index (χ1) is 9.11. The fourth-order valence-corrected chi connectivity index (χ4v) is 2.39. The number of nitrogens with one attached hydrogen (secondary N) is 1. The van der Waals surface area contributed by atoms with E-state index in [0.717, 1.165) is 11.3 Å². The Morgan fingerprint density at radius 2 is 1.68 bits per heavy atom. The highest BCUT2D eigenvalue weighted by Gasteiger charge is 2.07. The zero-order chi connectivity index (χ0) is 13.8. The molecule has 0 atom stereocenters. The summed E-state index contributed by atoms with van der Waals surface area (Å²) in [6, 6.07) is 12.5. The number of benzene rings is 2. The third-order valence-corrected chi connectivity index (χ3v) is 3.64. The number of rotatable bonds is 3. The molecule has 0 unspecified atom stereocenters. The molecule has 19 heavy (non-hydrogen) atoms.